The molecule has 0 bridgehead atoms. The SMILES string of the molecule is CN(C)C(=O)n1nnc(-c2ccnc(-c3nnn(C(=O)N(C)C)n3)c2)n1. The maximum atomic E-state index is 11.8. The molecular formula is C13H15N11O2. The van der Waals surface area contributed by atoms with Crippen LogP contribution < -0.4 is 0 Å². The van der Waals surface area contributed by atoms with Gasteiger partial charge in [-0.15, -0.1) is 20.4 Å². The highest BCUT2D eigenvalue weighted by Gasteiger charge is 2.17. The molecule has 0 saturated heterocycles. The molecule has 0 saturated carbocycles. The molecule has 3 rings (SSSR count). The van der Waals surface area contributed by atoms with E-state index in [-0.39, 0.29) is 11.6 Å². The summed E-state index contributed by atoms with van der Waals surface area (Å²) in [7, 11) is 6.32. The highest BCUT2D eigenvalue weighted by atomic mass is 16.2. The van der Waals surface area contributed by atoms with Gasteiger partial charge in [-0.05, 0) is 22.6 Å². The third-order valence-corrected chi connectivity index (χ3v) is 3.18. The molecule has 13 nitrogen and oxygen atoms in total. The number of pyridine rings is 1. The summed E-state index contributed by atoms with van der Waals surface area (Å²) in [4.78, 5) is 32.2. The Bertz CT molecular complexity index is 885. The smallest absolute Gasteiger partial charge is 0.328 e. The van der Waals surface area contributed by atoms with E-state index >= 15 is 0 Å². The van der Waals surface area contributed by atoms with Gasteiger partial charge >= 0.3 is 12.1 Å². The lowest BCUT2D eigenvalue weighted by Crippen LogP contribution is -2.29. The zero-order chi connectivity index (χ0) is 18.8. The molecule has 0 fully saturated rings. The molecule has 0 aromatic carbocycles. The molecular weight excluding hydrogens is 342 g/mol. The van der Waals surface area contributed by atoms with Gasteiger partial charge in [0.05, 0.1) is 0 Å². The molecule has 0 spiro atoms. The second kappa shape index (κ2) is 6.62. The van der Waals surface area contributed by atoms with Crippen molar-refractivity contribution in [1.29, 1.82) is 0 Å². The lowest BCUT2D eigenvalue weighted by Gasteiger charge is -2.06. The zero-order valence-corrected chi connectivity index (χ0v) is 14.5. The Labute approximate surface area is 147 Å². The lowest BCUT2D eigenvalue weighted by molar-refractivity contribution is 0.210. The van der Waals surface area contributed by atoms with Crippen LogP contribution in [0.4, 0.5) is 9.59 Å². The number of tetrazole rings is 2. The highest BCUT2D eigenvalue weighted by molar-refractivity contribution is 5.75. The molecule has 0 radical (unpaired) electrons. The van der Waals surface area contributed by atoms with Crippen LogP contribution in [0.3, 0.4) is 0 Å². The first-order chi connectivity index (χ1) is 12.4. The summed E-state index contributed by atoms with van der Waals surface area (Å²) in [6, 6.07) is 2.40. The first kappa shape index (κ1) is 17.1. The minimum absolute atomic E-state index is 0.166. The van der Waals surface area contributed by atoms with E-state index in [0.29, 0.717) is 11.3 Å². The van der Waals surface area contributed by atoms with Crippen molar-refractivity contribution in [2.45, 2.75) is 0 Å². The van der Waals surface area contributed by atoms with E-state index in [1.165, 1.54) is 16.0 Å². The predicted molar refractivity (Wildman–Crippen MR) is 86.8 cm³/mol. The van der Waals surface area contributed by atoms with Gasteiger partial charge in [-0.3, -0.25) is 4.98 Å². The summed E-state index contributed by atoms with van der Waals surface area (Å²) in [6.07, 6.45) is 1.51. The Morgan fingerprint density at radius 2 is 1.42 bits per heavy atom. The number of nitrogens with zero attached hydrogens (tertiary/aromatic N) is 11. The van der Waals surface area contributed by atoms with E-state index in [2.05, 4.69) is 35.8 Å². The number of amides is 2. The molecule has 0 aliphatic rings. The van der Waals surface area contributed by atoms with E-state index in [1.54, 1.807) is 40.3 Å². The fraction of sp³-hybridized carbons (Fsp3) is 0.308. The normalized spacial score (nSPS) is 10.6. The molecule has 0 atom stereocenters. The van der Waals surface area contributed by atoms with Gasteiger partial charge in [0.15, 0.2) is 0 Å². The molecule has 3 aromatic rings. The molecule has 26 heavy (non-hydrogen) atoms. The summed E-state index contributed by atoms with van der Waals surface area (Å²) in [5.74, 6) is 0.402. The summed E-state index contributed by atoms with van der Waals surface area (Å²) < 4.78 is 0. The van der Waals surface area contributed by atoms with Crippen molar-refractivity contribution >= 4 is 12.1 Å². The Kier molecular flexibility index (Phi) is 4.34. The number of hydrogen-bond acceptors (Lipinski definition) is 9. The molecule has 3 aromatic heterocycles. The van der Waals surface area contributed by atoms with Crippen molar-refractivity contribution in [3.8, 4) is 22.9 Å². The van der Waals surface area contributed by atoms with Crippen LogP contribution in [0.2, 0.25) is 0 Å². The van der Waals surface area contributed by atoms with Crippen LogP contribution in [0.5, 0.6) is 0 Å². The summed E-state index contributed by atoms with van der Waals surface area (Å²) in [5.41, 5.74) is 0.929. The van der Waals surface area contributed by atoms with Crippen molar-refractivity contribution in [2.75, 3.05) is 28.2 Å². The van der Waals surface area contributed by atoms with E-state index < -0.39 is 12.1 Å². The van der Waals surface area contributed by atoms with Gasteiger partial charge in [-0.1, -0.05) is 9.59 Å². The van der Waals surface area contributed by atoms with Gasteiger partial charge in [-0.2, -0.15) is 0 Å². The van der Waals surface area contributed by atoms with Crippen molar-refractivity contribution < 1.29 is 9.59 Å². The molecule has 2 amide bonds. The third kappa shape index (κ3) is 3.22. The fourth-order valence-corrected chi connectivity index (χ4v) is 1.86. The van der Waals surface area contributed by atoms with Gasteiger partial charge in [0, 0.05) is 40.0 Å². The number of carbonyl (C=O) groups is 2. The van der Waals surface area contributed by atoms with Crippen LogP contribution in [0.25, 0.3) is 22.9 Å². The number of hydrogen-bond donors (Lipinski definition) is 0. The van der Waals surface area contributed by atoms with Crippen LogP contribution in [-0.4, -0.2) is 95.5 Å². The first-order valence-electron chi connectivity index (χ1n) is 7.37. The van der Waals surface area contributed by atoms with Gasteiger partial charge in [-0.25, -0.2) is 9.59 Å². The van der Waals surface area contributed by atoms with Crippen LogP contribution in [-0.2, 0) is 0 Å². The number of aromatic nitrogens is 9. The third-order valence-electron chi connectivity index (χ3n) is 3.18. The first-order valence-corrected chi connectivity index (χ1v) is 7.37. The predicted octanol–water partition coefficient (Wildman–Crippen LogP) is -0.552. The Morgan fingerprint density at radius 3 is 2.00 bits per heavy atom. The van der Waals surface area contributed by atoms with Crippen LogP contribution in [0.1, 0.15) is 0 Å². The summed E-state index contributed by atoms with van der Waals surface area (Å²) in [5, 5.41) is 23.2. The minimum Gasteiger partial charge on any atom is -0.328 e. The maximum Gasteiger partial charge on any atom is 0.362 e. The van der Waals surface area contributed by atoms with Crippen molar-refractivity contribution in [3.05, 3.63) is 18.3 Å². The monoisotopic (exact) mass is 357 g/mol. The molecule has 134 valence electrons. The van der Waals surface area contributed by atoms with Crippen LogP contribution >= 0.6 is 0 Å². The van der Waals surface area contributed by atoms with Gasteiger partial charge in [0.2, 0.25) is 11.6 Å². The topological polar surface area (TPSA) is 141 Å². The molecule has 0 unspecified atom stereocenters. The van der Waals surface area contributed by atoms with Gasteiger partial charge in [0.1, 0.15) is 5.69 Å². The quantitative estimate of drug-likeness (QED) is 0.590. The minimum atomic E-state index is -0.438. The largest absolute Gasteiger partial charge is 0.362 e. The van der Waals surface area contributed by atoms with Crippen molar-refractivity contribution in [1.82, 2.24) is 55.2 Å². The average molecular weight is 357 g/mol. The van der Waals surface area contributed by atoms with Gasteiger partial charge in [0.25, 0.3) is 0 Å². The number of carbonyl (C=O) groups excluding carboxylic acids is 2. The zero-order valence-electron chi connectivity index (χ0n) is 14.5. The highest BCUT2D eigenvalue weighted by Crippen LogP contribution is 2.18. The molecule has 13 heteroatoms. The Hall–Kier alpha value is -3.77. The Balaban J connectivity index is 1.90. The van der Waals surface area contributed by atoms with E-state index in [0.717, 1.165) is 9.59 Å². The molecule has 3 heterocycles. The van der Waals surface area contributed by atoms with Crippen LogP contribution in [0, 0.1) is 0 Å². The van der Waals surface area contributed by atoms with E-state index in [4.69, 9.17) is 0 Å². The summed E-state index contributed by atoms with van der Waals surface area (Å²) >= 11 is 0. The average Bonchev–Trinajstić information content (AvgIpc) is 3.30. The lowest BCUT2D eigenvalue weighted by atomic mass is 10.2. The standard InChI is InChI=1S/C13H15N11O2/c1-21(2)12(25)23-17-10(15-19-23)8-5-6-14-9(7-8)11-16-20-24(18-11)13(26)22(3)4/h5-7H,1-4H3. The summed E-state index contributed by atoms with van der Waals surface area (Å²) in [6.45, 7) is 0. The van der Waals surface area contributed by atoms with Gasteiger partial charge < -0.3 is 9.80 Å². The molecule has 0 aliphatic heterocycles. The number of rotatable bonds is 2. The van der Waals surface area contributed by atoms with E-state index in [9.17, 15) is 9.59 Å². The second-order valence-corrected chi connectivity index (χ2v) is 5.59. The van der Waals surface area contributed by atoms with Crippen molar-refractivity contribution in [3.63, 3.8) is 0 Å². The fourth-order valence-electron chi connectivity index (χ4n) is 1.86. The second-order valence-electron chi connectivity index (χ2n) is 5.59. The molecule has 0 aliphatic carbocycles. The van der Waals surface area contributed by atoms with Crippen LogP contribution in [0.15, 0.2) is 18.3 Å². The van der Waals surface area contributed by atoms with Crippen molar-refractivity contribution in [2.24, 2.45) is 0 Å². The van der Waals surface area contributed by atoms with E-state index in [1.807, 2.05) is 0 Å². The molecule has 0 N–H and O–H groups in total. The Morgan fingerprint density at radius 1 is 0.885 bits per heavy atom. The maximum absolute atomic E-state index is 11.8.